The van der Waals surface area contributed by atoms with Crippen LogP contribution in [0.2, 0.25) is 0 Å². The molecule has 3 aromatic carbocycles. The lowest BCUT2D eigenvalue weighted by Crippen LogP contribution is -2.04. The number of ether oxygens (including phenoxy) is 2. The van der Waals surface area contributed by atoms with Crippen LogP contribution in [0, 0.1) is 15.9 Å². The Hall–Kier alpha value is -3.13. The van der Waals surface area contributed by atoms with Crippen molar-refractivity contribution in [2.24, 2.45) is 0 Å². The van der Waals surface area contributed by atoms with E-state index >= 15 is 0 Å². The highest BCUT2D eigenvalue weighted by atomic mass is 79.9. The highest BCUT2D eigenvalue weighted by Gasteiger charge is 2.13. The number of rotatable bonds is 9. The lowest BCUT2D eigenvalue weighted by atomic mass is 10.2. The molecule has 0 radical (unpaired) electrons. The van der Waals surface area contributed by atoms with E-state index in [0.717, 1.165) is 21.3 Å². The van der Waals surface area contributed by atoms with Crippen molar-refractivity contribution in [1.82, 2.24) is 0 Å². The number of non-ortho nitro benzene ring substituents is 1. The number of anilines is 1. The minimum absolute atomic E-state index is 0.0351. The van der Waals surface area contributed by atoms with E-state index in [-0.39, 0.29) is 18.1 Å². The van der Waals surface area contributed by atoms with Crippen LogP contribution in [0.5, 0.6) is 11.5 Å². The zero-order valence-electron chi connectivity index (χ0n) is 16.2. The van der Waals surface area contributed by atoms with E-state index in [1.165, 1.54) is 24.3 Å². The summed E-state index contributed by atoms with van der Waals surface area (Å²) in [5.74, 6) is 0.863. The van der Waals surface area contributed by atoms with Gasteiger partial charge in [0.25, 0.3) is 5.69 Å². The standard InChI is InChI=1S/C22H20BrFN2O4/c1-2-29-21-12-16(13-25-18-7-5-17(24)6-8-18)11-20(23)22(21)30-14-15-3-9-19(10-4-15)26(27)28/h3-12,25H,2,13-14H2,1H3. The van der Waals surface area contributed by atoms with Gasteiger partial charge in [-0.15, -0.1) is 0 Å². The summed E-state index contributed by atoms with van der Waals surface area (Å²) in [5.41, 5.74) is 2.60. The van der Waals surface area contributed by atoms with Crippen molar-refractivity contribution in [3.05, 3.63) is 92.2 Å². The van der Waals surface area contributed by atoms with Gasteiger partial charge in [0.2, 0.25) is 0 Å². The molecule has 156 valence electrons. The zero-order chi connectivity index (χ0) is 21.5. The van der Waals surface area contributed by atoms with Crippen LogP contribution in [0.25, 0.3) is 0 Å². The SMILES string of the molecule is CCOc1cc(CNc2ccc(F)cc2)cc(Br)c1OCc1ccc([N+](=O)[O-])cc1. The summed E-state index contributed by atoms with van der Waals surface area (Å²) in [6, 6.07) is 16.2. The number of nitro benzene ring substituents is 1. The van der Waals surface area contributed by atoms with Crippen molar-refractivity contribution in [3.8, 4) is 11.5 Å². The fraction of sp³-hybridized carbons (Fsp3) is 0.182. The van der Waals surface area contributed by atoms with Crippen LogP contribution in [0.3, 0.4) is 0 Å². The highest BCUT2D eigenvalue weighted by molar-refractivity contribution is 9.10. The molecule has 0 atom stereocenters. The van der Waals surface area contributed by atoms with Crippen LogP contribution in [-0.2, 0) is 13.2 Å². The predicted molar refractivity (Wildman–Crippen MR) is 116 cm³/mol. The quantitative estimate of drug-likeness (QED) is 0.300. The Labute approximate surface area is 181 Å². The second-order valence-electron chi connectivity index (χ2n) is 6.41. The Bertz CT molecular complexity index is 1010. The fourth-order valence-electron chi connectivity index (χ4n) is 2.77. The van der Waals surface area contributed by atoms with Crippen LogP contribution < -0.4 is 14.8 Å². The Balaban J connectivity index is 1.72. The van der Waals surface area contributed by atoms with Crippen molar-refractivity contribution in [2.45, 2.75) is 20.1 Å². The van der Waals surface area contributed by atoms with Gasteiger partial charge in [-0.25, -0.2) is 4.39 Å². The molecule has 30 heavy (non-hydrogen) atoms. The zero-order valence-corrected chi connectivity index (χ0v) is 17.8. The molecule has 0 aliphatic heterocycles. The van der Waals surface area contributed by atoms with Crippen molar-refractivity contribution in [1.29, 1.82) is 0 Å². The first-order valence-electron chi connectivity index (χ1n) is 9.27. The molecular formula is C22H20BrFN2O4. The molecule has 0 fully saturated rings. The molecule has 0 unspecified atom stereocenters. The van der Waals surface area contributed by atoms with E-state index < -0.39 is 4.92 Å². The lowest BCUT2D eigenvalue weighted by Gasteiger charge is -2.16. The molecule has 0 heterocycles. The molecule has 3 rings (SSSR count). The first kappa shape index (κ1) is 21.6. The Morgan fingerprint density at radius 3 is 2.37 bits per heavy atom. The third-order valence-electron chi connectivity index (χ3n) is 4.24. The summed E-state index contributed by atoms with van der Waals surface area (Å²) < 4.78 is 25.4. The first-order chi connectivity index (χ1) is 14.5. The van der Waals surface area contributed by atoms with Gasteiger partial charge in [0, 0.05) is 24.4 Å². The minimum atomic E-state index is -0.437. The molecule has 0 aliphatic carbocycles. The van der Waals surface area contributed by atoms with Crippen LogP contribution in [0.15, 0.2) is 65.1 Å². The van der Waals surface area contributed by atoms with E-state index in [0.29, 0.717) is 24.7 Å². The lowest BCUT2D eigenvalue weighted by molar-refractivity contribution is -0.384. The smallest absolute Gasteiger partial charge is 0.269 e. The van der Waals surface area contributed by atoms with Gasteiger partial charge < -0.3 is 14.8 Å². The molecule has 0 aromatic heterocycles. The molecule has 8 heteroatoms. The second kappa shape index (κ2) is 10.1. The maximum atomic E-state index is 13.0. The Morgan fingerprint density at radius 2 is 1.73 bits per heavy atom. The van der Waals surface area contributed by atoms with Crippen molar-refractivity contribution in [2.75, 3.05) is 11.9 Å². The van der Waals surface area contributed by atoms with Gasteiger partial charge >= 0.3 is 0 Å². The van der Waals surface area contributed by atoms with E-state index in [4.69, 9.17) is 9.47 Å². The van der Waals surface area contributed by atoms with Gasteiger partial charge in [0.1, 0.15) is 12.4 Å². The summed E-state index contributed by atoms with van der Waals surface area (Å²) in [5, 5.41) is 14.0. The predicted octanol–water partition coefficient (Wildman–Crippen LogP) is 6.09. The maximum Gasteiger partial charge on any atom is 0.269 e. The summed E-state index contributed by atoms with van der Waals surface area (Å²) in [4.78, 5) is 10.3. The van der Waals surface area contributed by atoms with E-state index in [1.807, 2.05) is 19.1 Å². The van der Waals surface area contributed by atoms with Crippen molar-refractivity contribution >= 4 is 27.3 Å². The van der Waals surface area contributed by atoms with E-state index in [9.17, 15) is 14.5 Å². The van der Waals surface area contributed by atoms with Gasteiger partial charge in [-0.1, -0.05) is 0 Å². The van der Waals surface area contributed by atoms with Crippen LogP contribution in [0.4, 0.5) is 15.8 Å². The molecule has 3 aromatic rings. The third-order valence-corrected chi connectivity index (χ3v) is 4.83. The van der Waals surface area contributed by atoms with Gasteiger partial charge in [0.05, 0.1) is 16.0 Å². The van der Waals surface area contributed by atoms with Crippen LogP contribution in [0.1, 0.15) is 18.1 Å². The van der Waals surface area contributed by atoms with Gasteiger partial charge in [-0.2, -0.15) is 0 Å². The summed E-state index contributed by atoms with van der Waals surface area (Å²) in [7, 11) is 0. The monoisotopic (exact) mass is 474 g/mol. The topological polar surface area (TPSA) is 73.6 Å². The number of nitrogens with one attached hydrogen (secondary N) is 1. The average molecular weight is 475 g/mol. The Morgan fingerprint density at radius 1 is 1.03 bits per heavy atom. The molecule has 0 saturated carbocycles. The fourth-order valence-corrected chi connectivity index (χ4v) is 3.37. The highest BCUT2D eigenvalue weighted by Crippen LogP contribution is 2.37. The number of hydrogen-bond donors (Lipinski definition) is 1. The number of nitro groups is 1. The average Bonchev–Trinajstić information content (AvgIpc) is 2.73. The molecule has 0 bridgehead atoms. The molecule has 0 spiro atoms. The number of benzene rings is 3. The molecule has 0 aliphatic rings. The van der Waals surface area contributed by atoms with Gasteiger partial charge in [-0.3, -0.25) is 10.1 Å². The normalized spacial score (nSPS) is 10.5. The minimum Gasteiger partial charge on any atom is -0.490 e. The summed E-state index contributed by atoms with van der Waals surface area (Å²) in [6.07, 6.45) is 0. The van der Waals surface area contributed by atoms with E-state index in [1.54, 1.807) is 24.3 Å². The van der Waals surface area contributed by atoms with Gasteiger partial charge in [-0.05, 0) is 82.5 Å². The molecule has 6 nitrogen and oxygen atoms in total. The second-order valence-corrected chi connectivity index (χ2v) is 7.26. The van der Waals surface area contributed by atoms with Crippen LogP contribution in [-0.4, -0.2) is 11.5 Å². The molecule has 1 N–H and O–H groups in total. The Kier molecular flexibility index (Phi) is 7.24. The van der Waals surface area contributed by atoms with Gasteiger partial charge in [0.15, 0.2) is 11.5 Å². The third kappa shape index (κ3) is 5.70. The van der Waals surface area contributed by atoms with Crippen molar-refractivity contribution in [3.63, 3.8) is 0 Å². The number of halogens is 2. The molecule has 0 saturated heterocycles. The number of nitrogens with zero attached hydrogens (tertiary/aromatic N) is 1. The number of hydrogen-bond acceptors (Lipinski definition) is 5. The van der Waals surface area contributed by atoms with E-state index in [2.05, 4.69) is 21.2 Å². The molecule has 0 amide bonds. The largest absolute Gasteiger partial charge is 0.490 e. The summed E-state index contributed by atoms with van der Waals surface area (Å²) >= 11 is 3.54. The maximum absolute atomic E-state index is 13.0. The van der Waals surface area contributed by atoms with Crippen LogP contribution >= 0.6 is 15.9 Å². The molecular weight excluding hydrogens is 455 g/mol. The first-order valence-corrected chi connectivity index (χ1v) is 10.1. The van der Waals surface area contributed by atoms with Crippen molar-refractivity contribution < 1.29 is 18.8 Å². The summed E-state index contributed by atoms with van der Waals surface area (Å²) in [6.45, 7) is 3.11.